The van der Waals surface area contributed by atoms with E-state index in [0.717, 1.165) is 11.2 Å². The van der Waals surface area contributed by atoms with Crippen molar-refractivity contribution in [3.63, 3.8) is 0 Å². The van der Waals surface area contributed by atoms with E-state index in [-0.39, 0.29) is 0 Å². The van der Waals surface area contributed by atoms with Crippen molar-refractivity contribution in [1.82, 2.24) is 0 Å². The molecule has 52 heavy (non-hydrogen) atoms. The van der Waals surface area contributed by atoms with Crippen molar-refractivity contribution >= 4 is 54.3 Å². The highest BCUT2D eigenvalue weighted by atomic mass is 16.3. The van der Waals surface area contributed by atoms with E-state index in [9.17, 15) is 0 Å². The minimum Gasteiger partial charge on any atom is -0.455 e. The van der Waals surface area contributed by atoms with E-state index in [1.54, 1.807) is 0 Å². The Balaban J connectivity index is 1.80. The van der Waals surface area contributed by atoms with E-state index in [4.69, 9.17) is 4.42 Å². The summed E-state index contributed by atoms with van der Waals surface area (Å²) in [6, 6.07) is 15.8. The lowest BCUT2D eigenvalue weighted by Gasteiger charge is -2.28. The summed E-state index contributed by atoms with van der Waals surface area (Å²) in [6.45, 7) is 34.8. The molecule has 0 unspecified atom stereocenters. The summed E-state index contributed by atoms with van der Waals surface area (Å²) < 4.78 is 7.09. The fourth-order valence-electron chi connectivity index (χ4n) is 9.70. The van der Waals surface area contributed by atoms with Crippen LogP contribution in [0.15, 0.2) is 46.9 Å². The molecule has 0 bridgehead atoms. The number of hydrogen-bond acceptors (Lipinski definition) is 1. The highest BCUT2D eigenvalue weighted by Gasteiger charge is 2.30. The number of furan rings is 1. The Kier molecular flexibility index (Phi) is 7.61. The van der Waals surface area contributed by atoms with Crippen molar-refractivity contribution in [2.75, 3.05) is 0 Å². The number of rotatable bonds is 2. The van der Waals surface area contributed by atoms with Gasteiger partial charge in [0, 0.05) is 10.8 Å². The number of fused-ring (bicyclic) bond motifs is 6. The van der Waals surface area contributed by atoms with Crippen molar-refractivity contribution in [3.05, 3.63) is 126 Å². The smallest absolute Gasteiger partial charge is 0.139 e. The maximum absolute atomic E-state index is 7.09. The van der Waals surface area contributed by atoms with Crippen molar-refractivity contribution < 1.29 is 4.42 Å². The van der Waals surface area contributed by atoms with Gasteiger partial charge in [0.05, 0.1) is 0 Å². The Morgan fingerprint density at radius 3 is 1.19 bits per heavy atom. The van der Waals surface area contributed by atoms with Gasteiger partial charge >= 0.3 is 0 Å². The van der Waals surface area contributed by atoms with E-state index in [1.165, 1.54) is 149 Å². The van der Waals surface area contributed by atoms with Gasteiger partial charge in [-0.15, -0.1) is 0 Å². The SMILES string of the molecule is Cc1c(C)c(C)c2c(oc3c(C)c(C)c(C)c(-c4c5c(C)c(C)c(C)c(C)c5c(-c5cccc6ccccc56)c5c(C)c(C)c(C)c(C)c45)c32)c1C. The predicted octanol–water partition coefficient (Wildman–Crippen LogP) is 15.0. The van der Waals surface area contributed by atoms with Crippen LogP contribution in [0.5, 0.6) is 0 Å². The molecule has 0 radical (unpaired) electrons. The third-order valence-corrected chi connectivity index (χ3v) is 14.1. The first-order valence-electron chi connectivity index (χ1n) is 19.0. The van der Waals surface area contributed by atoms with Crippen LogP contribution in [0.3, 0.4) is 0 Å². The monoisotopic (exact) mass is 680 g/mol. The quantitative estimate of drug-likeness (QED) is 0.166. The number of benzene rings is 7. The zero-order chi connectivity index (χ0) is 37.4. The van der Waals surface area contributed by atoms with Gasteiger partial charge in [-0.2, -0.15) is 0 Å². The molecule has 0 aliphatic heterocycles. The maximum atomic E-state index is 7.09. The minimum atomic E-state index is 1.03. The van der Waals surface area contributed by atoms with E-state index in [0.29, 0.717) is 0 Å². The second-order valence-corrected chi connectivity index (χ2v) is 16.0. The van der Waals surface area contributed by atoms with Gasteiger partial charge in [-0.25, -0.2) is 0 Å². The van der Waals surface area contributed by atoms with Crippen LogP contribution in [0, 0.1) is 104 Å². The van der Waals surface area contributed by atoms with Gasteiger partial charge in [0.2, 0.25) is 0 Å². The minimum absolute atomic E-state index is 1.03. The lowest BCUT2D eigenvalue weighted by molar-refractivity contribution is 0.661. The molecule has 0 saturated heterocycles. The standard InChI is InChI=1S/C51H52O/c1-23-25(3)32(10)43-41(30(23)8)47(40-22-18-20-38-19-16-17-21-39(38)40)42-31(9)24(2)26(4)33(11)44(42)48(43)45-34(12)29(7)37(15)51-49(45)46-35(13)27(5)28(6)36(14)50(46)52-51/h16-22H,1-15H3. The normalized spacial score (nSPS) is 12.1. The average Bonchev–Trinajstić information content (AvgIpc) is 3.54. The summed E-state index contributed by atoms with van der Waals surface area (Å²) >= 11 is 0. The molecule has 1 heteroatoms. The molecule has 8 aromatic rings. The van der Waals surface area contributed by atoms with Gasteiger partial charge in [0.15, 0.2) is 0 Å². The molecule has 0 saturated carbocycles. The molecule has 7 aromatic carbocycles. The summed E-state index contributed by atoms with van der Waals surface area (Å²) in [7, 11) is 0. The van der Waals surface area contributed by atoms with E-state index in [2.05, 4.69) is 146 Å². The third kappa shape index (κ3) is 4.23. The lowest BCUT2D eigenvalue weighted by Crippen LogP contribution is -2.05. The largest absolute Gasteiger partial charge is 0.455 e. The molecule has 0 amide bonds. The van der Waals surface area contributed by atoms with Crippen molar-refractivity contribution in [2.45, 2.75) is 104 Å². The topological polar surface area (TPSA) is 13.1 Å². The molecule has 0 aliphatic carbocycles. The molecule has 0 aliphatic rings. The fourth-order valence-corrected chi connectivity index (χ4v) is 9.70. The van der Waals surface area contributed by atoms with Crippen molar-refractivity contribution in [2.24, 2.45) is 0 Å². The average molecular weight is 681 g/mol. The summed E-state index contributed by atoms with van der Waals surface area (Å²) in [5.41, 5.74) is 27.5. The molecular formula is C51H52O. The molecule has 0 atom stereocenters. The van der Waals surface area contributed by atoms with Gasteiger partial charge in [-0.3, -0.25) is 0 Å². The van der Waals surface area contributed by atoms with Crippen LogP contribution in [0.4, 0.5) is 0 Å². The molecular weight excluding hydrogens is 629 g/mol. The summed E-state index contributed by atoms with van der Waals surface area (Å²) in [6.07, 6.45) is 0. The van der Waals surface area contributed by atoms with E-state index >= 15 is 0 Å². The summed E-state index contributed by atoms with van der Waals surface area (Å²) in [5, 5.41) is 10.6. The molecule has 8 rings (SSSR count). The van der Waals surface area contributed by atoms with Crippen LogP contribution in [0.1, 0.15) is 83.5 Å². The molecule has 0 spiro atoms. The van der Waals surface area contributed by atoms with Crippen LogP contribution in [0.25, 0.3) is 76.5 Å². The van der Waals surface area contributed by atoms with Crippen LogP contribution in [-0.2, 0) is 0 Å². The first-order chi connectivity index (χ1) is 24.6. The predicted molar refractivity (Wildman–Crippen MR) is 228 cm³/mol. The molecule has 0 fully saturated rings. The van der Waals surface area contributed by atoms with Gasteiger partial charge in [-0.05, 0) is 242 Å². The van der Waals surface area contributed by atoms with Crippen molar-refractivity contribution in [3.8, 4) is 22.3 Å². The zero-order valence-electron chi connectivity index (χ0n) is 33.9. The highest BCUT2D eigenvalue weighted by Crippen LogP contribution is 2.55. The molecule has 0 N–H and O–H groups in total. The highest BCUT2D eigenvalue weighted by molar-refractivity contribution is 6.30. The first-order valence-corrected chi connectivity index (χ1v) is 19.0. The van der Waals surface area contributed by atoms with Gasteiger partial charge in [-0.1, -0.05) is 42.5 Å². The third-order valence-electron chi connectivity index (χ3n) is 14.1. The Bertz CT molecular complexity index is 2840. The van der Waals surface area contributed by atoms with Gasteiger partial charge < -0.3 is 4.42 Å². The van der Waals surface area contributed by atoms with Crippen LogP contribution in [0.2, 0.25) is 0 Å². The molecule has 1 nitrogen and oxygen atoms in total. The Morgan fingerprint density at radius 1 is 0.288 bits per heavy atom. The van der Waals surface area contributed by atoms with E-state index in [1.807, 2.05) is 0 Å². The van der Waals surface area contributed by atoms with Crippen LogP contribution < -0.4 is 0 Å². The summed E-state index contributed by atoms with van der Waals surface area (Å²) in [4.78, 5) is 0. The molecule has 262 valence electrons. The van der Waals surface area contributed by atoms with Gasteiger partial charge in [0.25, 0.3) is 0 Å². The summed E-state index contributed by atoms with van der Waals surface area (Å²) in [5.74, 6) is 0. The Labute approximate surface area is 309 Å². The van der Waals surface area contributed by atoms with Gasteiger partial charge in [0.1, 0.15) is 11.2 Å². The fraction of sp³-hybridized carbons (Fsp3) is 0.294. The maximum Gasteiger partial charge on any atom is 0.139 e. The van der Waals surface area contributed by atoms with E-state index < -0.39 is 0 Å². The Hall–Kier alpha value is -4.88. The first kappa shape index (κ1) is 34.2. The van der Waals surface area contributed by atoms with Crippen LogP contribution >= 0.6 is 0 Å². The molecule has 1 aromatic heterocycles. The second kappa shape index (κ2) is 11.6. The van der Waals surface area contributed by atoms with Crippen molar-refractivity contribution in [1.29, 1.82) is 0 Å². The Morgan fingerprint density at radius 2 is 0.673 bits per heavy atom. The zero-order valence-corrected chi connectivity index (χ0v) is 33.9. The number of aryl methyl sites for hydroxylation is 7. The second-order valence-electron chi connectivity index (χ2n) is 16.0. The lowest BCUT2D eigenvalue weighted by atomic mass is 9.74. The van der Waals surface area contributed by atoms with Crippen LogP contribution in [-0.4, -0.2) is 0 Å². The number of hydrogen-bond donors (Lipinski definition) is 0. The molecule has 1 heterocycles.